The third-order valence-electron chi connectivity index (χ3n) is 6.92. The summed E-state index contributed by atoms with van der Waals surface area (Å²) in [6.45, 7) is 8.30. The number of aromatic amines is 1. The molecule has 9 heteroatoms. The summed E-state index contributed by atoms with van der Waals surface area (Å²) in [4.78, 5) is 22.8. The third-order valence-corrected chi connectivity index (χ3v) is 6.92. The zero-order valence-corrected chi connectivity index (χ0v) is 18.0. The molecule has 1 aromatic carbocycles. The number of fused-ring (bicyclic) bond motifs is 1. The van der Waals surface area contributed by atoms with E-state index in [-0.39, 0.29) is 17.5 Å². The zero-order valence-electron chi connectivity index (χ0n) is 18.0. The van der Waals surface area contributed by atoms with Crippen LogP contribution < -0.4 is 4.90 Å². The molecule has 2 fully saturated rings. The van der Waals surface area contributed by atoms with Crippen molar-refractivity contribution in [2.24, 2.45) is 5.41 Å². The smallest absolute Gasteiger partial charge is 0.449 e. The Hall–Kier alpha value is -2.29. The Balaban J connectivity index is 1.30. The predicted octanol–water partition coefficient (Wildman–Crippen LogP) is 4.22. The first-order valence-electron chi connectivity index (χ1n) is 11.0. The molecule has 2 aliphatic heterocycles. The summed E-state index contributed by atoms with van der Waals surface area (Å²) in [5.41, 5.74) is 1.30. The van der Waals surface area contributed by atoms with Gasteiger partial charge in [0.05, 0.1) is 16.4 Å². The molecule has 2 saturated heterocycles. The van der Waals surface area contributed by atoms with Crippen LogP contribution in [0.25, 0.3) is 11.0 Å². The Morgan fingerprint density at radius 3 is 2.52 bits per heavy atom. The minimum absolute atomic E-state index is 0.00366. The molecule has 2 aliphatic rings. The maximum absolute atomic E-state index is 12.9. The SMILES string of the molecule is CCC1(CC)C[C@H](CCN2CCN(c3ccc4nc(C(F)(F)F)[nH]c4c3)CC2)OC1=O. The fourth-order valence-corrected chi connectivity index (χ4v) is 4.71. The first-order valence-corrected chi connectivity index (χ1v) is 11.0. The van der Waals surface area contributed by atoms with Gasteiger partial charge in [0.25, 0.3) is 0 Å². The van der Waals surface area contributed by atoms with Crippen molar-refractivity contribution < 1.29 is 22.7 Å². The molecule has 2 aromatic rings. The van der Waals surface area contributed by atoms with Crippen LogP contribution in [-0.4, -0.2) is 59.7 Å². The Labute approximate surface area is 179 Å². The van der Waals surface area contributed by atoms with Crippen molar-refractivity contribution in [3.8, 4) is 0 Å². The normalized spacial score (nSPS) is 22.3. The second-order valence-corrected chi connectivity index (χ2v) is 8.62. The predicted molar refractivity (Wildman–Crippen MR) is 112 cm³/mol. The lowest BCUT2D eigenvalue weighted by atomic mass is 9.79. The summed E-state index contributed by atoms with van der Waals surface area (Å²) in [6.07, 6.45) is -1.19. The largest absolute Gasteiger partial charge is 0.462 e. The van der Waals surface area contributed by atoms with Crippen molar-refractivity contribution >= 4 is 22.7 Å². The molecule has 4 rings (SSSR count). The van der Waals surface area contributed by atoms with Gasteiger partial charge in [0.1, 0.15) is 6.10 Å². The van der Waals surface area contributed by atoms with Gasteiger partial charge in [-0.25, -0.2) is 4.98 Å². The molecule has 0 amide bonds. The number of imidazole rings is 1. The van der Waals surface area contributed by atoms with Crippen LogP contribution in [0.1, 0.15) is 45.4 Å². The summed E-state index contributed by atoms with van der Waals surface area (Å²) in [5, 5.41) is 0. The number of ether oxygens (including phenoxy) is 1. The molecular weight excluding hydrogens is 409 g/mol. The number of anilines is 1. The van der Waals surface area contributed by atoms with Crippen molar-refractivity contribution in [1.82, 2.24) is 14.9 Å². The number of carbonyl (C=O) groups excluding carboxylic acids is 1. The number of aromatic nitrogens is 2. The van der Waals surface area contributed by atoms with Gasteiger partial charge in [0, 0.05) is 44.8 Å². The molecule has 0 radical (unpaired) electrons. The van der Waals surface area contributed by atoms with Crippen LogP contribution in [0.2, 0.25) is 0 Å². The summed E-state index contributed by atoms with van der Waals surface area (Å²) in [6, 6.07) is 5.19. The van der Waals surface area contributed by atoms with Crippen molar-refractivity contribution in [2.75, 3.05) is 37.6 Å². The second-order valence-electron chi connectivity index (χ2n) is 8.62. The van der Waals surface area contributed by atoms with Crippen LogP contribution >= 0.6 is 0 Å². The number of hydrogen-bond acceptors (Lipinski definition) is 5. The number of cyclic esters (lactones) is 1. The lowest BCUT2D eigenvalue weighted by Gasteiger charge is -2.36. The van der Waals surface area contributed by atoms with E-state index in [4.69, 9.17) is 4.74 Å². The summed E-state index contributed by atoms with van der Waals surface area (Å²) in [7, 11) is 0. The van der Waals surface area contributed by atoms with Gasteiger partial charge in [-0.3, -0.25) is 9.69 Å². The van der Waals surface area contributed by atoms with Crippen LogP contribution in [-0.2, 0) is 15.7 Å². The molecule has 31 heavy (non-hydrogen) atoms. The average molecular weight is 438 g/mol. The minimum Gasteiger partial charge on any atom is -0.462 e. The molecule has 1 N–H and O–H groups in total. The number of halogens is 3. The molecule has 6 nitrogen and oxygen atoms in total. The standard InChI is InChI=1S/C22H29F3N4O2/c1-3-21(4-2)14-16(31-20(21)30)7-8-28-9-11-29(12-10-28)15-5-6-17-18(13-15)27-19(26-17)22(23,24)25/h5-6,13,16H,3-4,7-12,14H2,1-2H3,(H,26,27)/t16-/m0/s1. The number of nitrogens with zero attached hydrogens (tertiary/aromatic N) is 3. The van der Waals surface area contributed by atoms with E-state index in [1.54, 1.807) is 12.1 Å². The first-order chi connectivity index (χ1) is 14.7. The van der Waals surface area contributed by atoms with Gasteiger partial charge >= 0.3 is 12.1 Å². The summed E-state index contributed by atoms with van der Waals surface area (Å²) in [5.74, 6) is -1.01. The van der Waals surface area contributed by atoms with Gasteiger partial charge in [0.15, 0.2) is 0 Å². The lowest BCUT2D eigenvalue weighted by molar-refractivity contribution is -0.149. The van der Waals surface area contributed by atoms with Crippen LogP contribution in [0.3, 0.4) is 0 Å². The van der Waals surface area contributed by atoms with E-state index in [2.05, 4.69) is 33.6 Å². The van der Waals surface area contributed by atoms with E-state index in [0.717, 1.165) is 64.1 Å². The van der Waals surface area contributed by atoms with Crippen molar-refractivity contribution in [1.29, 1.82) is 0 Å². The highest BCUT2D eigenvalue weighted by atomic mass is 19.4. The van der Waals surface area contributed by atoms with Crippen LogP contribution in [0.4, 0.5) is 18.9 Å². The maximum Gasteiger partial charge on any atom is 0.449 e. The second kappa shape index (κ2) is 8.33. The Morgan fingerprint density at radius 2 is 1.90 bits per heavy atom. The molecule has 1 atom stereocenters. The van der Waals surface area contributed by atoms with Crippen LogP contribution in [0.5, 0.6) is 0 Å². The van der Waals surface area contributed by atoms with Gasteiger partial charge in [-0.15, -0.1) is 0 Å². The molecular formula is C22H29F3N4O2. The fraction of sp³-hybridized carbons (Fsp3) is 0.636. The maximum atomic E-state index is 12.9. The molecule has 0 unspecified atom stereocenters. The number of esters is 1. The van der Waals surface area contributed by atoms with Gasteiger partial charge in [-0.2, -0.15) is 13.2 Å². The molecule has 1 aromatic heterocycles. The van der Waals surface area contributed by atoms with E-state index < -0.39 is 12.0 Å². The van der Waals surface area contributed by atoms with Gasteiger partial charge in [-0.1, -0.05) is 13.8 Å². The number of piperazine rings is 1. The zero-order chi connectivity index (χ0) is 22.2. The highest BCUT2D eigenvalue weighted by Crippen LogP contribution is 2.41. The van der Waals surface area contributed by atoms with Gasteiger partial charge < -0.3 is 14.6 Å². The number of rotatable bonds is 6. The molecule has 170 valence electrons. The van der Waals surface area contributed by atoms with E-state index >= 15 is 0 Å². The Kier molecular flexibility index (Phi) is 5.89. The highest BCUT2D eigenvalue weighted by Gasteiger charge is 2.46. The average Bonchev–Trinajstić information content (AvgIpc) is 3.33. The van der Waals surface area contributed by atoms with Crippen LogP contribution in [0.15, 0.2) is 18.2 Å². The Morgan fingerprint density at radius 1 is 1.19 bits per heavy atom. The molecule has 0 aliphatic carbocycles. The van der Waals surface area contributed by atoms with Crippen molar-refractivity contribution in [2.45, 2.75) is 51.8 Å². The first kappa shape index (κ1) is 21.9. The van der Waals surface area contributed by atoms with Crippen molar-refractivity contribution in [3.63, 3.8) is 0 Å². The molecule has 3 heterocycles. The summed E-state index contributed by atoms with van der Waals surface area (Å²) < 4.78 is 44.3. The molecule has 0 spiro atoms. The summed E-state index contributed by atoms with van der Waals surface area (Å²) >= 11 is 0. The molecule has 0 bridgehead atoms. The number of nitrogens with one attached hydrogen (secondary N) is 1. The van der Waals surface area contributed by atoms with Gasteiger partial charge in [0.2, 0.25) is 5.82 Å². The third kappa shape index (κ3) is 4.37. The van der Waals surface area contributed by atoms with Gasteiger partial charge in [-0.05, 0) is 37.5 Å². The molecule has 0 saturated carbocycles. The minimum atomic E-state index is -4.48. The van der Waals surface area contributed by atoms with E-state index in [1.807, 2.05) is 6.07 Å². The van der Waals surface area contributed by atoms with E-state index in [1.165, 1.54) is 0 Å². The number of carbonyl (C=O) groups is 1. The van der Waals surface area contributed by atoms with Crippen molar-refractivity contribution in [3.05, 3.63) is 24.0 Å². The Bertz CT molecular complexity index is 930. The number of H-pyrrole nitrogens is 1. The number of hydrogen-bond donors (Lipinski definition) is 1. The van der Waals surface area contributed by atoms with Crippen LogP contribution in [0, 0.1) is 5.41 Å². The number of benzene rings is 1. The van der Waals surface area contributed by atoms with E-state index in [0.29, 0.717) is 11.0 Å². The number of alkyl halides is 3. The van der Waals surface area contributed by atoms with E-state index in [9.17, 15) is 18.0 Å². The monoisotopic (exact) mass is 438 g/mol. The fourth-order valence-electron chi connectivity index (χ4n) is 4.71. The highest BCUT2D eigenvalue weighted by molar-refractivity contribution is 5.80. The lowest BCUT2D eigenvalue weighted by Crippen LogP contribution is -2.47. The topological polar surface area (TPSA) is 61.5 Å². The quantitative estimate of drug-likeness (QED) is 0.685.